The third-order valence-electron chi connectivity index (χ3n) is 0.706. The Hall–Kier alpha value is 0.480. The number of thiol groups is 1. The molecule has 0 N–H and O–H groups in total. The van der Waals surface area contributed by atoms with Crippen LogP contribution in [0.1, 0.15) is 0 Å². The predicted molar refractivity (Wildman–Crippen MR) is 44.6 cm³/mol. The normalized spacial score (nSPS) is 28.2. The van der Waals surface area contributed by atoms with E-state index in [9.17, 15) is 4.79 Å². The van der Waals surface area contributed by atoms with Crippen LogP contribution in [0.15, 0.2) is 4.99 Å². The summed E-state index contributed by atoms with van der Waals surface area (Å²) in [6, 6.07) is 0. The van der Waals surface area contributed by atoms with Crippen LogP contribution < -0.4 is 0 Å². The summed E-state index contributed by atoms with van der Waals surface area (Å²) < 4.78 is 1.61. The third kappa shape index (κ3) is 1.70. The van der Waals surface area contributed by atoms with Crippen molar-refractivity contribution in [3.8, 4) is 0 Å². The van der Waals surface area contributed by atoms with E-state index in [4.69, 9.17) is 0 Å². The van der Waals surface area contributed by atoms with Gasteiger partial charge < -0.3 is 0 Å². The van der Waals surface area contributed by atoms with Gasteiger partial charge in [0.05, 0.1) is 0 Å². The molecule has 1 aliphatic heterocycles. The number of carbonyl (C=O) groups excluding carboxylic acids is 1. The lowest BCUT2D eigenvalue weighted by atomic mass is 10.8. The van der Waals surface area contributed by atoms with E-state index < -0.39 is 0 Å². The fourth-order valence-corrected chi connectivity index (χ4v) is 1.76. The van der Waals surface area contributed by atoms with Crippen molar-refractivity contribution in [1.82, 2.24) is 3.33 Å². The molecule has 3 nitrogen and oxygen atoms in total. The number of hydrogen-bond donors (Lipinski definition) is 1. The molecule has 1 heterocycles. The van der Waals surface area contributed by atoms with Crippen molar-refractivity contribution in [1.29, 1.82) is 0 Å². The van der Waals surface area contributed by atoms with Crippen LogP contribution in [0, 0.1) is 0 Å². The quantitative estimate of drug-likeness (QED) is 0.315. The maximum atomic E-state index is 10.1. The first kappa shape index (κ1) is 7.59. The standard InChI is InChI=1S/C3H3BrN2OS2/c4-6-3(8)5-2(1-7)9-6/h1,3,8H. The lowest BCUT2D eigenvalue weighted by Gasteiger charge is -2.04. The summed E-state index contributed by atoms with van der Waals surface area (Å²) in [5, 5.41) is 0.451. The van der Waals surface area contributed by atoms with Gasteiger partial charge in [0.25, 0.3) is 0 Å². The van der Waals surface area contributed by atoms with Gasteiger partial charge in [0.2, 0.25) is 0 Å². The molecule has 6 heteroatoms. The first-order chi connectivity index (χ1) is 4.24. The van der Waals surface area contributed by atoms with Gasteiger partial charge in [-0.1, -0.05) is 0 Å². The number of nitrogens with zero attached hydrogens (tertiary/aromatic N) is 2. The second-order valence-corrected chi connectivity index (χ2v) is 3.98. The van der Waals surface area contributed by atoms with E-state index in [1.54, 1.807) is 3.33 Å². The molecule has 0 aromatic carbocycles. The summed E-state index contributed by atoms with van der Waals surface area (Å²) in [6.07, 6.45) is 0.704. The van der Waals surface area contributed by atoms with Crippen LogP contribution in [0.2, 0.25) is 0 Å². The Kier molecular flexibility index (Phi) is 2.57. The Morgan fingerprint density at radius 3 is 2.89 bits per heavy atom. The summed E-state index contributed by atoms with van der Waals surface area (Å²) >= 11 is 8.37. The molecule has 1 atom stereocenters. The molecule has 1 aliphatic rings. The molecule has 0 radical (unpaired) electrons. The van der Waals surface area contributed by atoms with Crippen LogP contribution in [-0.2, 0) is 4.79 Å². The zero-order chi connectivity index (χ0) is 6.85. The van der Waals surface area contributed by atoms with Gasteiger partial charge in [0, 0.05) is 16.1 Å². The maximum absolute atomic E-state index is 10.1. The second kappa shape index (κ2) is 3.05. The van der Waals surface area contributed by atoms with Crippen molar-refractivity contribution in [2.24, 2.45) is 4.99 Å². The van der Waals surface area contributed by atoms with E-state index in [2.05, 4.69) is 33.8 Å². The van der Waals surface area contributed by atoms with Gasteiger partial charge in [-0.2, -0.15) is 0 Å². The van der Waals surface area contributed by atoms with Crippen molar-refractivity contribution in [2.45, 2.75) is 5.50 Å². The fraction of sp³-hybridized carbons (Fsp3) is 0.333. The van der Waals surface area contributed by atoms with Crippen LogP contribution in [0.5, 0.6) is 0 Å². The van der Waals surface area contributed by atoms with Crippen LogP contribution in [-0.4, -0.2) is 20.2 Å². The Morgan fingerprint density at radius 2 is 2.67 bits per heavy atom. The molecule has 0 bridgehead atoms. The molecule has 0 aliphatic carbocycles. The smallest absolute Gasteiger partial charge is 0.175 e. The second-order valence-electron chi connectivity index (χ2n) is 1.29. The molecular formula is C3H3BrN2OS2. The van der Waals surface area contributed by atoms with Crippen LogP contribution in [0.3, 0.4) is 0 Å². The largest absolute Gasteiger partial charge is 0.296 e. The van der Waals surface area contributed by atoms with Crippen molar-refractivity contribution < 1.29 is 4.79 Å². The highest BCUT2D eigenvalue weighted by Gasteiger charge is 2.21. The highest BCUT2D eigenvalue weighted by Crippen LogP contribution is 2.29. The van der Waals surface area contributed by atoms with E-state index in [-0.39, 0.29) is 5.50 Å². The van der Waals surface area contributed by atoms with Gasteiger partial charge in [0.15, 0.2) is 11.8 Å². The van der Waals surface area contributed by atoms with Gasteiger partial charge in [0.1, 0.15) is 5.04 Å². The molecule has 50 valence electrons. The Bertz CT molecular complexity index is 162. The average molecular weight is 227 g/mol. The van der Waals surface area contributed by atoms with Crippen molar-refractivity contribution in [2.75, 3.05) is 0 Å². The van der Waals surface area contributed by atoms with Gasteiger partial charge in [-0.3, -0.25) is 4.79 Å². The number of carbonyl (C=O) groups is 1. The predicted octanol–water partition coefficient (Wildman–Crippen LogP) is 1.07. The van der Waals surface area contributed by atoms with Gasteiger partial charge >= 0.3 is 0 Å². The van der Waals surface area contributed by atoms with Crippen LogP contribution in [0.25, 0.3) is 0 Å². The molecule has 0 amide bonds. The van der Waals surface area contributed by atoms with E-state index in [1.807, 2.05) is 0 Å². The molecule has 0 aromatic rings. The van der Waals surface area contributed by atoms with Gasteiger partial charge in [-0.15, -0.1) is 16.0 Å². The first-order valence-electron chi connectivity index (χ1n) is 2.08. The van der Waals surface area contributed by atoms with Crippen molar-refractivity contribution >= 4 is 52.1 Å². The monoisotopic (exact) mass is 226 g/mol. The van der Waals surface area contributed by atoms with Crippen LogP contribution in [0.4, 0.5) is 0 Å². The highest BCUT2D eigenvalue weighted by molar-refractivity contribution is 9.09. The minimum absolute atomic E-state index is 0.241. The molecule has 0 spiro atoms. The summed E-state index contributed by atoms with van der Waals surface area (Å²) in [4.78, 5) is 13.9. The minimum Gasteiger partial charge on any atom is -0.296 e. The molecule has 1 unspecified atom stereocenters. The van der Waals surface area contributed by atoms with Crippen molar-refractivity contribution in [3.63, 3.8) is 0 Å². The number of aldehydes is 1. The third-order valence-corrected chi connectivity index (χ3v) is 3.11. The number of rotatable bonds is 1. The number of halogens is 1. The number of aliphatic imine (C=N–C) groups is 1. The lowest BCUT2D eigenvalue weighted by molar-refractivity contribution is -0.102. The molecule has 0 fully saturated rings. The minimum atomic E-state index is -0.241. The van der Waals surface area contributed by atoms with E-state index in [1.165, 1.54) is 11.9 Å². The zero-order valence-corrected chi connectivity index (χ0v) is 7.49. The molecule has 9 heavy (non-hydrogen) atoms. The Balaban J connectivity index is 2.62. The topological polar surface area (TPSA) is 32.7 Å². The fourth-order valence-electron chi connectivity index (χ4n) is 0.371. The molecule has 1 rings (SSSR count). The zero-order valence-electron chi connectivity index (χ0n) is 4.19. The first-order valence-corrected chi connectivity index (χ1v) is 4.08. The maximum Gasteiger partial charge on any atom is 0.175 e. The van der Waals surface area contributed by atoms with E-state index in [0.29, 0.717) is 11.3 Å². The van der Waals surface area contributed by atoms with Crippen molar-refractivity contribution in [3.05, 3.63) is 0 Å². The summed E-state index contributed by atoms with van der Waals surface area (Å²) in [7, 11) is 0. The van der Waals surface area contributed by atoms with Gasteiger partial charge in [-0.25, -0.2) is 4.99 Å². The lowest BCUT2D eigenvalue weighted by Crippen LogP contribution is -2.04. The van der Waals surface area contributed by atoms with E-state index in [0.717, 1.165) is 0 Å². The SMILES string of the molecule is O=CC1=NC(S)N(Br)S1. The Morgan fingerprint density at radius 1 is 2.00 bits per heavy atom. The summed E-state index contributed by atoms with van der Waals surface area (Å²) in [6.45, 7) is 0. The summed E-state index contributed by atoms with van der Waals surface area (Å²) in [5.41, 5.74) is -0.241. The van der Waals surface area contributed by atoms with Crippen LogP contribution >= 0.6 is 40.7 Å². The van der Waals surface area contributed by atoms with Gasteiger partial charge in [-0.05, 0) is 11.9 Å². The molecular weight excluding hydrogens is 224 g/mol. The Labute approximate surface area is 70.8 Å². The molecule has 0 aromatic heterocycles. The number of hydrogen-bond acceptors (Lipinski definition) is 5. The van der Waals surface area contributed by atoms with E-state index >= 15 is 0 Å². The molecule has 0 saturated heterocycles. The average Bonchev–Trinajstić information content (AvgIpc) is 2.13. The summed E-state index contributed by atoms with van der Waals surface area (Å²) in [5.74, 6) is 0. The molecule has 0 saturated carbocycles. The highest BCUT2D eigenvalue weighted by atomic mass is 79.9.